The molecular formula is C10H16N4O3. The molecule has 0 bridgehead atoms. The zero-order valence-corrected chi connectivity index (χ0v) is 10.0. The fourth-order valence-corrected chi connectivity index (χ4v) is 1.31. The van der Waals surface area contributed by atoms with Gasteiger partial charge >= 0.3 is 0 Å². The smallest absolute Gasteiger partial charge is 0.276 e. The quantitative estimate of drug-likeness (QED) is 0.346. The topological polar surface area (TPSA) is 105 Å². The van der Waals surface area contributed by atoms with Gasteiger partial charge in [-0.3, -0.25) is 4.79 Å². The third-order valence-electron chi connectivity index (χ3n) is 2.19. The Balaban J connectivity index is 2.88. The highest BCUT2D eigenvalue weighted by Gasteiger charge is 2.22. The van der Waals surface area contributed by atoms with Gasteiger partial charge in [0, 0.05) is 12.1 Å². The average molecular weight is 240 g/mol. The van der Waals surface area contributed by atoms with E-state index in [0.29, 0.717) is 5.76 Å². The number of carbonyl (C=O) groups excluding carboxylic acids is 1. The zero-order valence-electron chi connectivity index (χ0n) is 10.0. The molecule has 0 spiro atoms. The maximum atomic E-state index is 12.1. The maximum Gasteiger partial charge on any atom is 0.276 e. The van der Waals surface area contributed by atoms with Crippen LogP contribution in [0.5, 0.6) is 0 Å². The Morgan fingerprint density at radius 1 is 1.71 bits per heavy atom. The summed E-state index contributed by atoms with van der Waals surface area (Å²) in [5.74, 6) is 0.205. The zero-order chi connectivity index (χ0) is 13.0. The summed E-state index contributed by atoms with van der Waals surface area (Å²) in [5.41, 5.74) is 5.61. The van der Waals surface area contributed by atoms with Crippen molar-refractivity contribution in [2.75, 3.05) is 6.54 Å². The lowest BCUT2D eigenvalue weighted by Gasteiger charge is -2.24. The van der Waals surface area contributed by atoms with Crippen LogP contribution in [0.25, 0.3) is 0 Å². The summed E-state index contributed by atoms with van der Waals surface area (Å²) in [7, 11) is 0. The number of nitrogens with zero attached hydrogens (tertiary/aromatic N) is 3. The van der Waals surface area contributed by atoms with Gasteiger partial charge in [-0.15, -0.1) is 0 Å². The summed E-state index contributed by atoms with van der Waals surface area (Å²) in [5, 5.41) is 15.0. The summed E-state index contributed by atoms with van der Waals surface area (Å²) in [6, 6.07) is 1.45. The fraction of sp³-hybridized carbons (Fsp3) is 0.500. The molecule has 1 aromatic heterocycles. The molecule has 1 heterocycles. The Morgan fingerprint density at radius 2 is 2.35 bits per heavy atom. The standard InChI is InChI=1S/C10H16N4O3/c1-6(2)14(5-9(11)12-16)10(15)8-4-7(3)17-13-8/h4,6,16H,5H2,1-3H3,(H2,11,12). The Morgan fingerprint density at radius 3 is 2.76 bits per heavy atom. The summed E-state index contributed by atoms with van der Waals surface area (Å²) in [6.45, 7) is 5.40. The number of aromatic nitrogens is 1. The van der Waals surface area contributed by atoms with E-state index in [9.17, 15) is 4.79 Å². The summed E-state index contributed by atoms with van der Waals surface area (Å²) in [4.78, 5) is 13.5. The van der Waals surface area contributed by atoms with Crippen LogP contribution in [0.1, 0.15) is 30.1 Å². The molecule has 1 rings (SSSR count). The van der Waals surface area contributed by atoms with E-state index in [1.54, 1.807) is 13.0 Å². The number of amides is 1. The number of nitrogens with two attached hydrogens (primary N) is 1. The van der Waals surface area contributed by atoms with Crippen molar-refractivity contribution in [3.05, 3.63) is 17.5 Å². The maximum absolute atomic E-state index is 12.1. The van der Waals surface area contributed by atoms with Gasteiger partial charge in [0.1, 0.15) is 5.76 Å². The molecule has 0 saturated carbocycles. The Hall–Kier alpha value is -2.05. The number of aryl methyl sites for hydroxylation is 1. The second kappa shape index (κ2) is 5.33. The molecule has 7 heteroatoms. The van der Waals surface area contributed by atoms with E-state index in [0.717, 1.165) is 0 Å². The van der Waals surface area contributed by atoms with Gasteiger partial charge in [-0.05, 0) is 20.8 Å². The van der Waals surface area contributed by atoms with Crippen LogP contribution in [0.15, 0.2) is 15.7 Å². The molecular weight excluding hydrogens is 224 g/mol. The molecule has 94 valence electrons. The lowest BCUT2D eigenvalue weighted by atomic mass is 10.2. The van der Waals surface area contributed by atoms with Crippen molar-refractivity contribution in [3.8, 4) is 0 Å². The lowest BCUT2D eigenvalue weighted by molar-refractivity contribution is 0.0723. The van der Waals surface area contributed by atoms with Gasteiger partial charge in [0.2, 0.25) is 0 Å². The van der Waals surface area contributed by atoms with Crippen LogP contribution in [0.3, 0.4) is 0 Å². The van der Waals surface area contributed by atoms with Crippen molar-refractivity contribution >= 4 is 11.7 Å². The van der Waals surface area contributed by atoms with Gasteiger partial charge < -0.3 is 20.4 Å². The van der Waals surface area contributed by atoms with Crippen molar-refractivity contribution in [2.24, 2.45) is 10.9 Å². The molecule has 17 heavy (non-hydrogen) atoms. The number of hydrogen-bond donors (Lipinski definition) is 2. The molecule has 1 amide bonds. The molecule has 0 aliphatic carbocycles. The lowest BCUT2D eigenvalue weighted by Crippen LogP contribution is -2.43. The largest absolute Gasteiger partial charge is 0.409 e. The molecule has 7 nitrogen and oxygen atoms in total. The van der Waals surface area contributed by atoms with Gasteiger partial charge in [-0.25, -0.2) is 0 Å². The van der Waals surface area contributed by atoms with Crippen molar-refractivity contribution in [3.63, 3.8) is 0 Å². The van der Waals surface area contributed by atoms with Crippen LogP contribution in [0.2, 0.25) is 0 Å². The first-order valence-corrected chi connectivity index (χ1v) is 5.16. The third-order valence-corrected chi connectivity index (χ3v) is 2.19. The van der Waals surface area contributed by atoms with Crippen LogP contribution in [0, 0.1) is 6.92 Å². The van der Waals surface area contributed by atoms with Gasteiger partial charge in [-0.2, -0.15) is 0 Å². The van der Waals surface area contributed by atoms with Crippen LogP contribution < -0.4 is 5.73 Å². The van der Waals surface area contributed by atoms with E-state index in [4.69, 9.17) is 15.5 Å². The van der Waals surface area contributed by atoms with Crippen molar-refractivity contribution in [1.29, 1.82) is 0 Å². The van der Waals surface area contributed by atoms with Gasteiger partial charge in [0.15, 0.2) is 11.5 Å². The first kappa shape index (κ1) is 13.0. The number of rotatable bonds is 4. The van der Waals surface area contributed by atoms with E-state index >= 15 is 0 Å². The van der Waals surface area contributed by atoms with Gasteiger partial charge in [-0.1, -0.05) is 10.3 Å². The highest BCUT2D eigenvalue weighted by atomic mass is 16.5. The highest BCUT2D eigenvalue weighted by molar-refractivity contribution is 5.95. The molecule has 1 aromatic rings. The molecule has 0 unspecified atom stereocenters. The Kier molecular flexibility index (Phi) is 4.08. The van der Waals surface area contributed by atoms with Crippen molar-refractivity contribution < 1.29 is 14.5 Å². The first-order chi connectivity index (χ1) is 7.95. The second-order valence-electron chi connectivity index (χ2n) is 3.94. The minimum absolute atomic E-state index is 0.0349. The fourth-order valence-electron chi connectivity index (χ4n) is 1.31. The normalized spacial score (nSPS) is 11.9. The summed E-state index contributed by atoms with van der Waals surface area (Å²) >= 11 is 0. The highest BCUT2D eigenvalue weighted by Crippen LogP contribution is 2.08. The minimum Gasteiger partial charge on any atom is -0.409 e. The first-order valence-electron chi connectivity index (χ1n) is 5.16. The van der Waals surface area contributed by atoms with Gasteiger partial charge in [0.25, 0.3) is 5.91 Å². The molecule has 0 aliphatic heterocycles. The summed E-state index contributed by atoms with van der Waals surface area (Å²) in [6.07, 6.45) is 0. The van der Waals surface area contributed by atoms with Crippen molar-refractivity contribution in [2.45, 2.75) is 26.8 Å². The average Bonchev–Trinajstić information content (AvgIpc) is 2.71. The molecule has 0 fully saturated rings. The number of oxime groups is 1. The van der Waals surface area contributed by atoms with Crippen LogP contribution in [0.4, 0.5) is 0 Å². The molecule has 0 aromatic carbocycles. The van der Waals surface area contributed by atoms with E-state index < -0.39 is 0 Å². The molecule has 3 N–H and O–H groups in total. The van der Waals surface area contributed by atoms with E-state index in [1.807, 2.05) is 13.8 Å². The molecule has 0 radical (unpaired) electrons. The predicted molar refractivity (Wildman–Crippen MR) is 60.8 cm³/mol. The number of amidine groups is 1. The van der Waals surface area contributed by atoms with E-state index in [-0.39, 0.29) is 30.0 Å². The van der Waals surface area contributed by atoms with E-state index in [1.165, 1.54) is 4.90 Å². The van der Waals surface area contributed by atoms with Crippen LogP contribution in [-0.2, 0) is 0 Å². The molecule has 0 aliphatic rings. The number of hydrogen-bond acceptors (Lipinski definition) is 5. The van der Waals surface area contributed by atoms with Crippen molar-refractivity contribution in [1.82, 2.24) is 10.1 Å². The SMILES string of the molecule is Cc1cc(C(=O)N(CC(N)=NO)C(C)C)no1. The monoisotopic (exact) mass is 240 g/mol. The Labute approximate surface area is 98.9 Å². The third kappa shape index (κ3) is 3.20. The summed E-state index contributed by atoms with van der Waals surface area (Å²) < 4.78 is 4.84. The second-order valence-corrected chi connectivity index (χ2v) is 3.94. The minimum atomic E-state index is -0.316. The van der Waals surface area contributed by atoms with Crippen LogP contribution in [-0.4, -0.2) is 39.6 Å². The van der Waals surface area contributed by atoms with E-state index in [2.05, 4.69) is 10.3 Å². The molecule has 0 atom stereocenters. The van der Waals surface area contributed by atoms with Gasteiger partial charge in [0.05, 0.1) is 6.54 Å². The molecule has 0 saturated heterocycles. The number of carbonyl (C=O) groups is 1. The van der Waals surface area contributed by atoms with Crippen LogP contribution >= 0.6 is 0 Å². The predicted octanol–water partition coefficient (Wildman–Crippen LogP) is 0.580. The Bertz CT molecular complexity index is 425.